The molecule has 1 fully saturated rings. The molecule has 6 heteroatoms. The second-order valence-electron chi connectivity index (χ2n) is 7.18. The second kappa shape index (κ2) is 9.04. The maximum absolute atomic E-state index is 6.09. The van der Waals surface area contributed by atoms with Crippen molar-refractivity contribution in [3.05, 3.63) is 52.8 Å². The minimum Gasteiger partial charge on any atom is -0.373 e. The maximum atomic E-state index is 6.09. The number of aromatic nitrogens is 2. The van der Waals surface area contributed by atoms with Crippen LogP contribution in [0.4, 0.5) is 0 Å². The Bertz CT molecular complexity index is 768. The van der Waals surface area contributed by atoms with Crippen LogP contribution >= 0.6 is 0 Å². The predicted octanol–water partition coefficient (Wildman–Crippen LogP) is 2.87. The standard InChI is InChI=1S/C21H31N5O/c1-15-19(16(2)26(4)25-15)14-24-21(22-3)23-13-18-11-8-12-27-20(18)17-9-6-5-7-10-17/h5-7,9-10,18,20H,8,11-14H2,1-4H3,(H2,22,23,24). The zero-order valence-electron chi connectivity index (χ0n) is 16.8. The molecule has 1 aromatic heterocycles. The summed E-state index contributed by atoms with van der Waals surface area (Å²) in [5, 5.41) is 11.4. The highest BCUT2D eigenvalue weighted by molar-refractivity contribution is 5.79. The number of rotatable bonds is 5. The normalized spacial score (nSPS) is 20.5. The third kappa shape index (κ3) is 4.69. The fourth-order valence-electron chi connectivity index (χ4n) is 3.76. The van der Waals surface area contributed by atoms with Crippen LogP contribution in [-0.2, 0) is 18.3 Å². The number of hydrogen-bond acceptors (Lipinski definition) is 3. The van der Waals surface area contributed by atoms with E-state index in [4.69, 9.17) is 4.74 Å². The Labute approximate surface area is 162 Å². The average Bonchev–Trinajstić information content (AvgIpc) is 2.94. The molecule has 27 heavy (non-hydrogen) atoms. The van der Waals surface area contributed by atoms with Crippen LogP contribution < -0.4 is 10.6 Å². The van der Waals surface area contributed by atoms with Gasteiger partial charge >= 0.3 is 0 Å². The molecule has 1 aliphatic rings. The number of nitrogens with zero attached hydrogens (tertiary/aromatic N) is 3. The Morgan fingerprint density at radius 1 is 1.26 bits per heavy atom. The summed E-state index contributed by atoms with van der Waals surface area (Å²) in [6, 6.07) is 10.5. The fourth-order valence-corrected chi connectivity index (χ4v) is 3.76. The van der Waals surface area contributed by atoms with E-state index < -0.39 is 0 Å². The van der Waals surface area contributed by atoms with E-state index in [9.17, 15) is 0 Å². The van der Waals surface area contributed by atoms with Gasteiger partial charge in [0.1, 0.15) is 0 Å². The molecule has 0 aliphatic carbocycles. The van der Waals surface area contributed by atoms with Gasteiger partial charge in [-0.15, -0.1) is 0 Å². The summed E-state index contributed by atoms with van der Waals surface area (Å²) in [6.07, 6.45) is 2.41. The second-order valence-corrected chi connectivity index (χ2v) is 7.18. The quantitative estimate of drug-likeness (QED) is 0.628. The average molecular weight is 370 g/mol. The smallest absolute Gasteiger partial charge is 0.191 e. The largest absolute Gasteiger partial charge is 0.373 e. The van der Waals surface area contributed by atoms with Crippen molar-refractivity contribution in [3.63, 3.8) is 0 Å². The maximum Gasteiger partial charge on any atom is 0.191 e. The van der Waals surface area contributed by atoms with Gasteiger partial charge < -0.3 is 15.4 Å². The van der Waals surface area contributed by atoms with Gasteiger partial charge in [-0.25, -0.2) is 0 Å². The van der Waals surface area contributed by atoms with Crippen molar-refractivity contribution in [1.29, 1.82) is 0 Å². The Hall–Kier alpha value is -2.34. The van der Waals surface area contributed by atoms with Gasteiger partial charge in [0.25, 0.3) is 0 Å². The van der Waals surface area contributed by atoms with E-state index in [2.05, 4.69) is 51.9 Å². The van der Waals surface area contributed by atoms with Crippen molar-refractivity contribution < 1.29 is 4.74 Å². The number of guanidine groups is 1. The Kier molecular flexibility index (Phi) is 6.50. The van der Waals surface area contributed by atoms with E-state index in [1.54, 1.807) is 0 Å². The van der Waals surface area contributed by atoms with E-state index in [-0.39, 0.29) is 6.10 Å². The van der Waals surface area contributed by atoms with Gasteiger partial charge in [-0.1, -0.05) is 30.3 Å². The molecule has 1 aromatic carbocycles. The molecule has 1 saturated heterocycles. The number of hydrogen-bond donors (Lipinski definition) is 2. The lowest BCUT2D eigenvalue weighted by atomic mass is 9.89. The highest BCUT2D eigenvalue weighted by atomic mass is 16.5. The lowest BCUT2D eigenvalue weighted by molar-refractivity contribution is -0.0265. The van der Waals surface area contributed by atoms with Gasteiger partial charge in [-0.2, -0.15) is 5.10 Å². The van der Waals surface area contributed by atoms with Crippen LogP contribution in [0.15, 0.2) is 35.3 Å². The van der Waals surface area contributed by atoms with Gasteiger partial charge in [0.2, 0.25) is 0 Å². The molecule has 0 saturated carbocycles. The number of aryl methyl sites for hydroxylation is 2. The van der Waals surface area contributed by atoms with Crippen LogP contribution in [0.3, 0.4) is 0 Å². The predicted molar refractivity (Wildman–Crippen MR) is 109 cm³/mol. The number of benzene rings is 1. The van der Waals surface area contributed by atoms with E-state index >= 15 is 0 Å². The van der Waals surface area contributed by atoms with Crippen LogP contribution in [0.25, 0.3) is 0 Å². The van der Waals surface area contributed by atoms with Crippen LogP contribution in [0, 0.1) is 19.8 Å². The Morgan fingerprint density at radius 3 is 2.70 bits per heavy atom. The number of nitrogens with one attached hydrogen (secondary N) is 2. The summed E-state index contributed by atoms with van der Waals surface area (Å²) in [5.41, 5.74) is 4.72. The lowest BCUT2D eigenvalue weighted by Crippen LogP contribution is -2.41. The van der Waals surface area contributed by atoms with Gasteiger partial charge in [-0.3, -0.25) is 9.67 Å². The van der Waals surface area contributed by atoms with Crippen molar-refractivity contribution >= 4 is 5.96 Å². The molecule has 146 valence electrons. The van der Waals surface area contributed by atoms with Crippen LogP contribution in [0.5, 0.6) is 0 Å². The molecule has 0 radical (unpaired) electrons. The van der Waals surface area contributed by atoms with Gasteiger partial charge in [0.05, 0.1) is 11.8 Å². The van der Waals surface area contributed by atoms with Crippen molar-refractivity contribution in [3.8, 4) is 0 Å². The summed E-state index contributed by atoms with van der Waals surface area (Å²) in [7, 11) is 3.79. The monoisotopic (exact) mass is 369 g/mol. The SMILES string of the molecule is CN=C(NCc1c(C)nn(C)c1C)NCC1CCCOC1c1ccccc1. The minimum absolute atomic E-state index is 0.147. The molecule has 1 aliphatic heterocycles. The summed E-state index contributed by atoms with van der Waals surface area (Å²) in [4.78, 5) is 4.38. The van der Waals surface area contributed by atoms with Crippen molar-refractivity contribution in [2.45, 2.75) is 39.3 Å². The van der Waals surface area contributed by atoms with Crippen LogP contribution in [0.2, 0.25) is 0 Å². The first-order chi connectivity index (χ1) is 13.1. The van der Waals surface area contributed by atoms with E-state index in [1.807, 2.05) is 31.8 Å². The molecule has 2 aromatic rings. The Balaban J connectivity index is 1.58. The van der Waals surface area contributed by atoms with Gasteiger partial charge in [-0.05, 0) is 32.3 Å². The van der Waals surface area contributed by atoms with E-state index in [1.165, 1.54) is 16.8 Å². The van der Waals surface area contributed by atoms with Gasteiger partial charge in [0, 0.05) is 51.0 Å². The first kappa shape index (κ1) is 19.4. The minimum atomic E-state index is 0.147. The summed E-state index contributed by atoms with van der Waals surface area (Å²) >= 11 is 0. The van der Waals surface area contributed by atoms with Crippen molar-refractivity contribution in [2.75, 3.05) is 20.2 Å². The number of aliphatic imine (C=N–C) groups is 1. The third-order valence-corrected chi connectivity index (χ3v) is 5.42. The summed E-state index contributed by atoms with van der Waals surface area (Å²) in [6.45, 7) is 6.53. The van der Waals surface area contributed by atoms with E-state index in [0.717, 1.165) is 37.6 Å². The summed E-state index contributed by atoms with van der Waals surface area (Å²) in [5.74, 6) is 1.25. The van der Waals surface area contributed by atoms with E-state index in [0.29, 0.717) is 12.5 Å². The summed E-state index contributed by atoms with van der Waals surface area (Å²) < 4.78 is 8.02. The van der Waals surface area contributed by atoms with Crippen molar-refractivity contribution in [2.24, 2.45) is 18.0 Å². The lowest BCUT2D eigenvalue weighted by Gasteiger charge is -2.32. The zero-order chi connectivity index (χ0) is 19.2. The molecule has 2 heterocycles. The molecule has 3 rings (SSSR count). The molecule has 0 spiro atoms. The zero-order valence-corrected chi connectivity index (χ0v) is 16.8. The molecular weight excluding hydrogens is 338 g/mol. The van der Waals surface area contributed by atoms with Gasteiger partial charge in [0.15, 0.2) is 5.96 Å². The molecule has 0 amide bonds. The van der Waals surface area contributed by atoms with Crippen LogP contribution in [-0.4, -0.2) is 35.9 Å². The molecule has 2 unspecified atom stereocenters. The molecule has 2 N–H and O–H groups in total. The van der Waals surface area contributed by atoms with Crippen molar-refractivity contribution in [1.82, 2.24) is 20.4 Å². The number of ether oxygens (including phenoxy) is 1. The molecular formula is C21H31N5O. The third-order valence-electron chi connectivity index (χ3n) is 5.42. The highest BCUT2D eigenvalue weighted by Crippen LogP contribution is 2.33. The fraction of sp³-hybridized carbons (Fsp3) is 0.524. The highest BCUT2D eigenvalue weighted by Gasteiger charge is 2.27. The Morgan fingerprint density at radius 2 is 2.04 bits per heavy atom. The first-order valence-corrected chi connectivity index (χ1v) is 9.70. The molecule has 6 nitrogen and oxygen atoms in total. The molecule has 2 atom stereocenters. The van der Waals surface area contributed by atoms with Crippen LogP contribution in [0.1, 0.15) is 41.5 Å². The topological polar surface area (TPSA) is 63.5 Å². The molecule has 0 bridgehead atoms. The first-order valence-electron chi connectivity index (χ1n) is 9.70.